The summed E-state index contributed by atoms with van der Waals surface area (Å²) in [4.78, 5) is 13.4. The van der Waals surface area contributed by atoms with Gasteiger partial charge in [0.05, 0.1) is 11.6 Å². The van der Waals surface area contributed by atoms with Crippen LogP contribution < -0.4 is 0 Å². The Hall–Kier alpha value is -3.73. The summed E-state index contributed by atoms with van der Waals surface area (Å²) in [5, 5.41) is 8.74. The summed E-state index contributed by atoms with van der Waals surface area (Å²) in [5.74, 6) is 0.476. The summed E-state index contributed by atoms with van der Waals surface area (Å²) in [6.07, 6.45) is 6.47. The molecule has 0 bridgehead atoms. The van der Waals surface area contributed by atoms with Crippen LogP contribution >= 0.6 is 0 Å². The van der Waals surface area contributed by atoms with Gasteiger partial charge in [-0.1, -0.05) is 66.7 Å². The highest BCUT2D eigenvalue weighted by molar-refractivity contribution is 5.75. The number of aromatic nitrogens is 3. The van der Waals surface area contributed by atoms with E-state index in [2.05, 4.69) is 70.9 Å². The Bertz CT molecular complexity index is 1320. The summed E-state index contributed by atoms with van der Waals surface area (Å²) in [7, 11) is 0. The van der Waals surface area contributed by atoms with E-state index in [0.29, 0.717) is 0 Å². The van der Waals surface area contributed by atoms with Crippen LogP contribution in [0.3, 0.4) is 0 Å². The summed E-state index contributed by atoms with van der Waals surface area (Å²) < 4.78 is 5.31. The lowest BCUT2D eigenvalue weighted by Crippen LogP contribution is -2.24. The molecule has 0 atom stereocenters. The van der Waals surface area contributed by atoms with E-state index in [9.17, 15) is 4.79 Å². The standard InChI is InChI=1S/C31H33N3O2/c1-31(2,3)30(35)36-21-34-32-20-29(33-34)28-10-6-9-27(19-28)24-15-13-22(14-16-24)11-12-23-17-25-7-4-5-8-26(25)18-23/h4-10,13-16,19-20,23H,11-12,17-18,21H2,1-3H3. The minimum atomic E-state index is -0.553. The number of carbonyl (C=O) groups is 1. The quantitative estimate of drug-likeness (QED) is 0.284. The largest absolute Gasteiger partial charge is 0.440 e. The number of nitrogens with zero attached hydrogens (tertiary/aromatic N) is 3. The number of carbonyl (C=O) groups excluding carboxylic acids is 1. The molecule has 0 radical (unpaired) electrons. The molecule has 1 aliphatic rings. The maximum Gasteiger partial charge on any atom is 0.313 e. The number of ether oxygens (including phenoxy) is 1. The molecule has 0 fully saturated rings. The zero-order valence-electron chi connectivity index (χ0n) is 21.3. The van der Waals surface area contributed by atoms with Gasteiger partial charge in [0, 0.05) is 5.56 Å². The van der Waals surface area contributed by atoms with Gasteiger partial charge in [0.25, 0.3) is 0 Å². The van der Waals surface area contributed by atoms with Crippen LogP contribution in [0, 0.1) is 11.3 Å². The van der Waals surface area contributed by atoms with Gasteiger partial charge in [0.2, 0.25) is 6.73 Å². The summed E-state index contributed by atoms with van der Waals surface area (Å²) in [6, 6.07) is 26.1. The number of benzene rings is 3. The van der Waals surface area contributed by atoms with Crippen LogP contribution in [0.1, 0.15) is 43.9 Å². The lowest BCUT2D eigenvalue weighted by atomic mass is 9.95. The highest BCUT2D eigenvalue weighted by Crippen LogP contribution is 2.30. The molecule has 0 aliphatic heterocycles. The monoisotopic (exact) mass is 479 g/mol. The minimum Gasteiger partial charge on any atom is -0.440 e. The van der Waals surface area contributed by atoms with Crippen molar-refractivity contribution in [3.8, 4) is 22.4 Å². The first-order valence-corrected chi connectivity index (χ1v) is 12.7. The number of aryl methyl sites for hydroxylation is 1. The first kappa shape index (κ1) is 24.0. The molecule has 0 N–H and O–H groups in total. The normalized spacial score (nSPS) is 13.5. The van der Waals surface area contributed by atoms with Crippen molar-refractivity contribution < 1.29 is 9.53 Å². The molecule has 0 saturated heterocycles. The van der Waals surface area contributed by atoms with E-state index in [0.717, 1.165) is 29.2 Å². The third-order valence-electron chi connectivity index (χ3n) is 6.88. The molecule has 3 aromatic carbocycles. The third kappa shape index (κ3) is 5.56. The Morgan fingerprint density at radius 3 is 2.31 bits per heavy atom. The first-order chi connectivity index (χ1) is 17.3. The summed E-state index contributed by atoms with van der Waals surface area (Å²) >= 11 is 0. The molecule has 0 amide bonds. The van der Waals surface area contributed by atoms with Gasteiger partial charge in [0.15, 0.2) is 0 Å². The number of rotatable bonds is 7. The van der Waals surface area contributed by atoms with Gasteiger partial charge in [-0.3, -0.25) is 4.79 Å². The van der Waals surface area contributed by atoms with Crippen molar-refractivity contribution >= 4 is 5.97 Å². The maximum absolute atomic E-state index is 12.0. The highest BCUT2D eigenvalue weighted by Gasteiger charge is 2.23. The molecule has 0 spiro atoms. The van der Waals surface area contributed by atoms with E-state index in [-0.39, 0.29) is 12.7 Å². The second-order valence-electron chi connectivity index (χ2n) is 10.8. The Labute approximate surface area is 213 Å². The second kappa shape index (κ2) is 10.1. The molecule has 4 aromatic rings. The van der Waals surface area contributed by atoms with E-state index in [1.807, 2.05) is 32.9 Å². The van der Waals surface area contributed by atoms with Crippen molar-refractivity contribution in [1.29, 1.82) is 0 Å². The van der Waals surface area contributed by atoms with Crippen LogP contribution in [-0.2, 0) is 35.5 Å². The average Bonchev–Trinajstić information content (AvgIpc) is 3.53. The van der Waals surface area contributed by atoms with Crippen LogP contribution in [0.4, 0.5) is 0 Å². The predicted octanol–water partition coefficient (Wildman–Crippen LogP) is 6.51. The van der Waals surface area contributed by atoms with E-state index in [1.165, 1.54) is 46.3 Å². The fourth-order valence-corrected chi connectivity index (χ4v) is 4.77. The Kier molecular flexibility index (Phi) is 6.73. The van der Waals surface area contributed by atoms with Crippen LogP contribution in [0.15, 0.2) is 79.0 Å². The zero-order valence-corrected chi connectivity index (χ0v) is 21.3. The van der Waals surface area contributed by atoms with Gasteiger partial charge in [-0.15, -0.1) is 9.90 Å². The molecule has 0 saturated carbocycles. The topological polar surface area (TPSA) is 57.0 Å². The molecule has 5 rings (SSSR count). The Balaban J connectivity index is 1.20. The number of fused-ring (bicyclic) bond motifs is 1. The molecular weight excluding hydrogens is 446 g/mol. The first-order valence-electron chi connectivity index (χ1n) is 12.7. The Morgan fingerprint density at radius 1 is 0.917 bits per heavy atom. The molecule has 1 aliphatic carbocycles. The zero-order chi connectivity index (χ0) is 25.1. The van der Waals surface area contributed by atoms with Gasteiger partial charge < -0.3 is 4.74 Å². The van der Waals surface area contributed by atoms with Crippen LogP contribution in [0.25, 0.3) is 22.4 Å². The SMILES string of the molecule is CC(C)(C)C(=O)OCn1ncc(-c2cccc(-c3ccc(CCC4Cc5ccccc5C4)cc3)c2)n1. The lowest BCUT2D eigenvalue weighted by Gasteiger charge is -2.15. The van der Waals surface area contributed by atoms with Crippen LogP contribution in [0.2, 0.25) is 0 Å². The van der Waals surface area contributed by atoms with Crippen molar-refractivity contribution in [2.75, 3.05) is 0 Å². The smallest absolute Gasteiger partial charge is 0.313 e. The van der Waals surface area contributed by atoms with Gasteiger partial charge in [-0.05, 0) is 86.3 Å². The van der Waals surface area contributed by atoms with Gasteiger partial charge in [-0.25, -0.2) is 0 Å². The molecule has 1 heterocycles. The van der Waals surface area contributed by atoms with Crippen molar-refractivity contribution in [2.24, 2.45) is 11.3 Å². The molecule has 184 valence electrons. The fraction of sp³-hybridized carbons (Fsp3) is 0.323. The average molecular weight is 480 g/mol. The van der Waals surface area contributed by atoms with E-state index < -0.39 is 5.41 Å². The van der Waals surface area contributed by atoms with Crippen molar-refractivity contribution in [3.05, 3.63) is 95.7 Å². The van der Waals surface area contributed by atoms with E-state index in [1.54, 1.807) is 6.20 Å². The molecule has 5 nitrogen and oxygen atoms in total. The summed E-state index contributed by atoms with van der Waals surface area (Å²) in [6.45, 7) is 5.47. The molecule has 0 unspecified atom stereocenters. The van der Waals surface area contributed by atoms with E-state index in [4.69, 9.17) is 4.74 Å². The Morgan fingerprint density at radius 2 is 1.61 bits per heavy atom. The summed E-state index contributed by atoms with van der Waals surface area (Å²) in [5.41, 5.74) is 7.94. The molecule has 36 heavy (non-hydrogen) atoms. The number of hydrogen-bond donors (Lipinski definition) is 0. The molecular formula is C31H33N3O2. The highest BCUT2D eigenvalue weighted by atomic mass is 16.5. The van der Waals surface area contributed by atoms with Crippen LogP contribution in [0.5, 0.6) is 0 Å². The molecule has 1 aromatic heterocycles. The molecule has 5 heteroatoms. The third-order valence-corrected chi connectivity index (χ3v) is 6.88. The predicted molar refractivity (Wildman–Crippen MR) is 142 cm³/mol. The number of hydrogen-bond acceptors (Lipinski definition) is 4. The van der Waals surface area contributed by atoms with Crippen molar-refractivity contribution in [1.82, 2.24) is 15.0 Å². The lowest BCUT2D eigenvalue weighted by molar-refractivity contribution is -0.157. The maximum atomic E-state index is 12.0. The minimum absolute atomic E-state index is 0.00417. The fourth-order valence-electron chi connectivity index (χ4n) is 4.77. The van der Waals surface area contributed by atoms with Gasteiger partial charge >= 0.3 is 5.97 Å². The van der Waals surface area contributed by atoms with Gasteiger partial charge in [-0.2, -0.15) is 5.10 Å². The second-order valence-corrected chi connectivity index (χ2v) is 10.8. The van der Waals surface area contributed by atoms with Gasteiger partial charge in [0.1, 0.15) is 5.69 Å². The van der Waals surface area contributed by atoms with Crippen LogP contribution in [-0.4, -0.2) is 21.0 Å². The van der Waals surface area contributed by atoms with Crippen molar-refractivity contribution in [2.45, 2.75) is 53.2 Å². The van der Waals surface area contributed by atoms with Crippen molar-refractivity contribution in [3.63, 3.8) is 0 Å². The number of esters is 1. The van der Waals surface area contributed by atoms with E-state index >= 15 is 0 Å².